The molecule has 1 fully saturated rings. The van der Waals surface area contributed by atoms with Crippen molar-refractivity contribution in [1.82, 2.24) is 10.0 Å². The summed E-state index contributed by atoms with van der Waals surface area (Å²) < 4.78 is 0.785. The van der Waals surface area contributed by atoms with Gasteiger partial charge in [0.2, 0.25) is 0 Å². The Labute approximate surface area is 216 Å². The van der Waals surface area contributed by atoms with Gasteiger partial charge in [-0.3, -0.25) is 0 Å². The van der Waals surface area contributed by atoms with Crippen molar-refractivity contribution in [3.05, 3.63) is 81.0 Å². The maximum atomic E-state index is 6.31. The number of fused-ring (bicyclic) bond motifs is 2. The number of allylic oxidation sites excluding steroid dienone is 1. The van der Waals surface area contributed by atoms with Gasteiger partial charge in [0, 0.05) is 41.1 Å². The maximum Gasteiger partial charge on any atom is 0.0935 e. The summed E-state index contributed by atoms with van der Waals surface area (Å²) in [5.74, 6) is 0. The van der Waals surface area contributed by atoms with Crippen molar-refractivity contribution in [2.45, 2.75) is 48.8 Å². The van der Waals surface area contributed by atoms with Crippen LogP contribution in [0.3, 0.4) is 0 Å². The minimum absolute atomic E-state index is 0.785. The molecule has 0 radical (unpaired) electrons. The van der Waals surface area contributed by atoms with Crippen molar-refractivity contribution in [2.75, 3.05) is 20.1 Å². The van der Waals surface area contributed by atoms with Gasteiger partial charge in [0.25, 0.3) is 0 Å². The lowest BCUT2D eigenvalue weighted by Gasteiger charge is -2.35. The number of aliphatic imine (C=N–C) groups is 1. The number of hydrazine groups is 1. The molecule has 0 amide bonds. The quantitative estimate of drug-likeness (QED) is 0.270. The van der Waals surface area contributed by atoms with Gasteiger partial charge in [0.1, 0.15) is 0 Å². The van der Waals surface area contributed by atoms with Gasteiger partial charge in [-0.05, 0) is 49.6 Å². The molecule has 2 aliphatic rings. The van der Waals surface area contributed by atoms with Crippen LogP contribution in [-0.2, 0) is 0 Å². The summed E-state index contributed by atoms with van der Waals surface area (Å²) >= 11 is 9.69. The average molecular weight is 508 g/mol. The molecular weight excluding hydrogens is 478 g/mol. The fraction of sp³-hybridized carbons (Fsp3) is 0.321. The van der Waals surface area contributed by atoms with E-state index in [-0.39, 0.29) is 0 Å². The van der Waals surface area contributed by atoms with E-state index in [0.717, 1.165) is 45.7 Å². The predicted octanol–water partition coefficient (Wildman–Crippen LogP) is 8.51. The highest BCUT2D eigenvalue weighted by Gasteiger charge is 2.22. The highest BCUT2D eigenvalue weighted by Crippen LogP contribution is 2.43. The molecule has 34 heavy (non-hydrogen) atoms. The third-order valence-electron chi connectivity index (χ3n) is 6.41. The molecule has 176 valence electrons. The first-order valence-corrected chi connectivity index (χ1v) is 14.1. The molecule has 0 atom stereocenters. The molecule has 3 nitrogen and oxygen atoms in total. The second-order valence-corrected chi connectivity index (χ2v) is 11.5. The van der Waals surface area contributed by atoms with Crippen LogP contribution in [0, 0.1) is 0 Å². The first kappa shape index (κ1) is 23.7. The molecular formula is C28H30ClN3S2. The number of rotatable bonds is 5. The van der Waals surface area contributed by atoms with Gasteiger partial charge in [-0.1, -0.05) is 73.5 Å². The van der Waals surface area contributed by atoms with E-state index in [2.05, 4.69) is 78.6 Å². The molecule has 0 saturated carbocycles. The topological polar surface area (TPSA) is 18.8 Å². The minimum Gasteiger partial charge on any atom is -0.309 e. The van der Waals surface area contributed by atoms with E-state index in [0.29, 0.717) is 0 Å². The zero-order valence-corrected chi connectivity index (χ0v) is 22.1. The van der Waals surface area contributed by atoms with Crippen LogP contribution < -0.4 is 0 Å². The molecule has 1 aromatic heterocycles. The fourth-order valence-electron chi connectivity index (χ4n) is 4.67. The molecule has 0 bridgehead atoms. The SMILES string of the molecule is CC/C=C(/c1ccc2c(c1)N=C(c1ccc(Cl)s1)c1ccccc1S2)N(C)N1CCCCCC1. The molecule has 5 rings (SSSR count). The second kappa shape index (κ2) is 10.7. The minimum atomic E-state index is 0.785. The number of benzene rings is 2. The van der Waals surface area contributed by atoms with Crippen molar-refractivity contribution in [1.29, 1.82) is 0 Å². The standard InChI is InChI=1S/C28H30ClN3S2/c1-3-10-23(31(2)32-17-8-4-5-9-18-32)20-13-14-25-22(19-20)30-28(26-15-16-27(29)34-26)21-11-6-7-12-24(21)33-25/h6-7,10-16,19H,3-5,8-9,17-18H2,1-2H3/b23-10-. The lowest BCUT2D eigenvalue weighted by Crippen LogP contribution is -2.39. The number of nitrogens with zero attached hydrogens (tertiary/aromatic N) is 3. The van der Waals surface area contributed by atoms with Crippen molar-refractivity contribution >= 4 is 51.8 Å². The number of thiophene rings is 1. The first-order chi connectivity index (χ1) is 16.6. The Bertz CT molecular complexity index is 1220. The van der Waals surface area contributed by atoms with E-state index in [1.807, 2.05) is 6.07 Å². The van der Waals surface area contributed by atoms with Crippen molar-refractivity contribution in [3.8, 4) is 0 Å². The smallest absolute Gasteiger partial charge is 0.0935 e. The van der Waals surface area contributed by atoms with Crippen LogP contribution in [0.15, 0.2) is 75.5 Å². The number of halogens is 1. The third kappa shape index (κ3) is 4.99. The molecule has 6 heteroatoms. The van der Waals surface area contributed by atoms with Crippen LogP contribution in [0.1, 0.15) is 55.0 Å². The van der Waals surface area contributed by atoms with Gasteiger partial charge in [0.15, 0.2) is 0 Å². The fourth-order valence-corrected chi connectivity index (χ4v) is 6.72. The Morgan fingerprint density at radius 1 is 1.03 bits per heavy atom. The summed E-state index contributed by atoms with van der Waals surface area (Å²) in [4.78, 5) is 8.75. The lowest BCUT2D eigenvalue weighted by molar-refractivity contribution is 0.0630. The van der Waals surface area contributed by atoms with E-state index in [1.165, 1.54) is 46.7 Å². The Morgan fingerprint density at radius 3 is 2.56 bits per heavy atom. The number of hydrogen-bond donors (Lipinski definition) is 0. The summed E-state index contributed by atoms with van der Waals surface area (Å²) in [6.07, 6.45) is 8.53. The van der Waals surface area contributed by atoms with Crippen LogP contribution in [0.25, 0.3) is 5.70 Å². The molecule has 0 unspecified atom stereocenters. The summed E-state index contributed by atoms with van der Waals surface area (Å²) in [5, 5.41) is 4.88. The van der Waals surface area contributed by atoms with Gasteiger partial charge in [-0.2, -0.15) is 0 Å². The van der Waals surface area contributed by atoms with E-state index in [1.54, 1.807) is 23.1 Å². The van der Waals surface area contributed by atoms with Crippen LogP contribution >= 0.6 is 34.7 Å². The zero-order chi connectivity index (χ0) is 23.5. The van der Waals surface area contributed by atoms with Crippen LogP contribution in [-0.4, -0.2) is 35.9 Å². The Hall–Kier alpha value is -2.05. The Morgan fingerprint density at radius 2 is 1.82 bits per heavy atom. The molecule has 0 aliphatic carbocycles. The second-order valence-electron chi connectivity index (χ2n) is 8.73. The predicted molar refractivity (Wildman–Crippen MR) is 148 cm³/mol. The summed E-state index contributed by atoms with van der Waals surface area (Å²) in [5.41, 5.74) is 5.65. The van der Waals surface area contributed by atoms with Crippen LogP contribution in [0.5, 0.6) is 0 Å². The maximum absolute atomic E-state index is 6.31. The Kier molecular flexibility index (Phi) is 7.45. The molecule has 3 heterocycles. The van der Waals surface area contributed by atoms with Gasteiger partial charge >= 0.3 is 0 Å². The van der Waals surface area contributed by atoms with E-state index < -0.39 is 0 Å². The summed E-state index contributed by atoms with van der Waals surface area (Å²) in [6.45, 7) is 4.45. The van der Waals surface area contributed by atoms with E-state index in [4.69, 9.17) is 16.6 Å². The first-order valence-electron chi connectivity index (χ1n) is 12.1. The summed E-state index contributed by atoms with van der Waals surface area (Å²) in [7, 11) is 2.21. The van der Waals surface area contributed by atoms with Gasteiger partial charge < -0.3 is 5.01 Å². The van der Waals surface area contributed by atoms with Gasteiger partial charge in [-0.15, -0.1) is 11.3 Å². The summed E-state index contributed by atoms with van der Waals surface area (Å²) in [6, 6.07) is 19.3. The third-order valence-corrected chi connectivity index (χ3v) is 8.79. The lowest BCUT2D eigenvalue weighted by atomic mass is 10.1. The highest BCUT2D eigenvalue weighted by molar-refractivity contribution is 7.99. The van der Waals surface area contributed by atoms with Crippen molar-refractivity contribution < 1.29 is 0 Å². The number of hydrogen-bond acceptors (Lipinski definition) is 5. The molecule has 0 spiro atoms. The van der Waals surface area contributed by atoms with Gasteiger partial charge in [-0.25, -0.2) is 10.0 Å². The van der Waals surface area contributed by atoms with Crippen LogP contribution in [0.2, 0.25) is 4.34 Å². The monoisotopic (exact) mass is 507 g/mol. The van der Waals surface area contributed by atoms with E-state index >= 15 is 0 Å². The zero-order valence-electron chi connectivity index (χ0n) is 19.8. The van der Waals surface area contributed by atoms with Crippen molar-refractivity contribution in [2.24, 2.45) is 4.99 Å². The molecule has 3 aromatic rings. The molecule has 0 N–H and O–H groups in total. The highest BCUT2D eigenvalue weighted by atomic mass is 35.5. The molecule has 2 aromatic carbocycles. The Balaban J connectivity index is 1.57. The van der Waals surface area contributed by atoms with Gasteiger partial charge in [0.05, 0.1) is 26.3 Å². The van der Waals surface area contributed by atoms with Crippen LogP contribution in [0.4, 0.5) is 5.69 Å². The molecule has 2 aliphatic heterocycles. The van der Waals surface area contributed by atoms with Crippen molar-refractivity contribution in [3.63, 3.8) is 0 Å². The normalized spacial score (nSPS) is 16.8. The average Bonchev–Trinajstić information content (AvgIpc) is 3.04. The van der Waals surface area contributed by atoms with E-state index in [9.17, 15) is 0 Å². The molecule has 1 saturated heterocycles. The largest absolute Gasteiger partial charge is 0.309 e.